The van der Waals surface area contributed by atoms with Gasteiger partial charge in [0, 0.05) is 13.0 Å². The topological polar surface area (TPSA) is 101 Å². The SMILES string of the molecule is CSCCC(NC(=O)CCn1cnc2ccccc2c1=O)C(=O)O. The number of carbonyl (C=O) groups is 2. The van der Waals surface area contributed by atoms with Gasteiger partial charge in [0.25, 0.3) is 5.56 Å². The summed E-state index contributed by atoms with van der Waals surface area (Å²) in [5.74, 6) is -0.809. The molecule has 128 valence electrons. The third-order valence-electron chi connectivity index (χ3n) is 3.56. The number of para-hydroxylation sites is 1. The molecule has 8 heteroatoms. The number of thioether (sulfide) groups is 1. The molecule has 2 rings (SSSR count). The number of carboxylic acid groups (broad SMARTS) is 1. The third-order valence-corrected chi connectivity index (χ3v) is 4.20. The molecule has 1 aromatic heterocycles. The van der Waals surface area contributed by atoms with Crippen molar-refractivity contribution in [1.82, 2.24) is 14.9 Å². The summed E-state index contributed by atoms with van der Waals surface area (Å²) in [6, 6.07) is 6.08. The number of carboxylic acids is 1. The van der Waals surface area contributed by atoms with E-state index in [-0.39, 0.29) is 18.5 Å². The summed E-state index contributed by atoms with van der Waals surface area (Å²) in [7, 11) is 0. The summed E-state index contributed by atoms with van der Waals surface area (Å²) in [4.78, 5) is 39.6. The maximum absolute atomic E-state index is 12.3. The minimum absolute atomic E-state index is 0.0168. The van der Waals surface area contributed by atoms with Crippen LogP contribution in [0, 0.1) is 0 Å². The first-order valence-electron chi connectivity index (χ1n) is 7.48. The monoisotopic (exact) mass is 349 g/mol. The lowest BCUT2D eigenvalue weighted by Crippen LogP contribution is -2.41. The van der Waals surface area contributed by atoms with Crippen molar-refractivity contribution in [2.75, 3.05) is 12.0 Å². The van der Waals surface area contributed by atoms with Crippen molar-refractivity contribution in [1.29, 1.82) is 0 Å². The van der Waals surface area contributed by atoms with Gasteiger partial charge in [-0.2, -0.15) is 11.8 Å². The van der Waals surface area contributed by atoms with Crippen LogP contribution in [0.25, 0.3) is 10.9 Å². The van der Waals surface area contributed by atoms with E-state index in [2.05, 4.69) is 10.3 Å². The van der Waals surface area contributed by atoms with Crippen LogP contribution in [0.1, 0.15) is 12.8 Å². The predicted molar refractivity (Wildman–Crippen MR) is 93.2 cm³/mol. The number of amides is 1. The van der Waals surface area contributed by atoms with E-state index in [1.54, 1.807) is 24.3 Å². The minimum atomic E-state index is -1.05. The summed E-state index contributed by atoms with van der Waals surface area (Å²) < 4.78 is 1.36. The van der Waals surface area contributed by atoms with Crippen molar-refractivity contribution in [3.63, 3.8) is 0 Å². The zero-order valence-electron chi connectivity index (χ0n) is 13.3. The average molecular weight is 349 g/mol. The number of aryl methyl sites for hydroxylation is 1. The number of nitrogens with one attached hydrogen (secondary N) is 1. The maximum Gasteiger partial charge on any atom is 0.326 e. The van der Waals surface area contributed by atoms with Crippen molar-refractivity contribution < 1.29 is 14.7 Å². The Kier molecular flexibility index (Phi) is 6.36. The fourth-order valence-corrected chi connectivity index (χ4v) is 2.72. The first kappa shape index (κ1) is 18.0. The fraction of sp³-hybridized carbons (Fsp3) is 0.375. The molecule has 0 fully saturated rings. The fourth-order valence-electron chi connectivity index (χ4n) is 2.25. The molecule has 1 unspecified atom stereocenters. The Hall–Kier alpha value is -2.35. The van der Waals surface area contributed by atoms with E-state index < -0.39 is 17.9 Å². The maximum atomic E-state index is 12.3. The number of hydrogen-bond donors (Lipinski definition) is 2. The molecule has 1 aromatic carbocycles. The summed E-state index contributed by atoms with van der Waals surface area (Å²) in [6.45, 7) is 0.150. The van der Waals surface area contributed by atoms with Gasteiger partial charge in [-0.1, -0.05) is 12.1 Å². The number of rotatable bonds is 8. The van der Waals surface area contributed by atoms with Gasteiger partial charge in [0.05, 0.1) is 17.2 Å². The largest absolute Gasteiger partial charge is 0.480 e. The highest BCUT2D eigenvalue weighted by Crippen LogP contribution is 2.05. The van der Waals surface area contributed by atoms with Crippen LogP contribution in [0.3, 0.4) is 0 Å². The lowest BCUT2D eigenvalue weighted by atomic mass is 10.2. The van der Waals surface area contributed by atoms with Crippen molar-refractivity contribution in [2.24, 2.45) is 0 Å². The van der Waals surface area contributed by atoms with Gasteiger partial charge >= 0.3 is 5.97 Å². The standard InChI is InChI=1S/C16H19N3O4S/c1-24-9-7-13(16(22)23)18-14(20)6-8-19-10-17-12-5-3-2-4-11(12)15(19)21/h2-5,10,13H,6-9H2,1H3,(H,18,20)(H,22,23). The number of aromatic nitrogens is 2. The molecule has 7 nitrogen and oxygen atoms in total. The number of aliphatic carboxylic acids is 1. The Morgan fingerprint density at radius 3 is 2.83 bits per heavy atom. The van der Waals surface area contributed by atoms with Crippen molar-refractivity contribution >= 4 is 34.5 Å². The second-order valence-electron chi connectivity index (χ2n) is 5.25. The van der Waals surface area contributed by atoms with Crippen molar-refractivity contribution in [3.05, 3.63) is 40.9 Å². The van der Waals surface area contributed by atoms with Gasteiger partial charge in [-0.15, -0.1) is 0 Å². The van der Waals surface area contributed by atoms with E-state index in [1.807, 2.05) is 6.26 Å². The summed E-state index contributed by atoms with van der Waals surface area (Å²) in [5.41, 5.74) is 0.386. The number of carbonyl (C=O) groups excluding carboxylic acids is 1. The van der Waals surface area contributed by atoms with Gasteiger partial charge < -0.3 is 10.4 Å². The van der Waals surface area contributed by atoms with E-state index in [4.69, 9.17) is 5.11 Å². The molecule has 0 aliphatic carbocycles. The van der Waals surface area contributed by atoms with Crippen LogP contribution in [-0.2, 0) is 16.1 Å². The Morgan fingerprint density at radius 2 is 2.12 bits per heavy atom. The van der Waals surface area contributed by atoms with Crippen molar-refractivity contribution in [2.45, 2.75) is 25.4 Å². The quantitative estimate of drug-likeness (QED) is 0.740. The molecule has 0 bridgehead atoms. The van der Waals surface area contributed by atoms with Crippen LogP contribution in [-0.4, -0.2) is 44.6 Å². The molecular weight excluding hydrogens is 330 g/mol. The summed E-state index contributed by atoms with van der Waals surface area (Å²) in [6.07, 6.45) is 3.66. The summed E-state index contributed by atoms with van der Waals surface area (Å²) in [5, 5.41) is 12.1. The predicted octanol–water partition coefficient (Wildman–Crippen LogP) is 1.11. The Bertz CT molecular complexity index is 790. The van der Waals surface area contributed by atoms with E-state index in [1.165, 1.54) is 22.7 Å². The molecule has 0 saturated carbocycles. The second-order valence-corrected chi connectivity index (χ2v) is 6.24. The minimum Gasteiger partial charge on any atom is -0.480 e. The Balaban J connectivity index is 2.00. The molecular formula is C16H19N3O4S. The van der Waals surface area contributed by atoms with Crippen LogP contribution in [0.4, 0.5) is 0 Å². The third kappa shape index (κ3) is 4.58. The number of benzene rings is 1. The molecule has 1 heterocycles. The number of fused-ring (bicyclic) bond motifs is 1. The molecule has 0 saturated heterocycles. The van der Waals surface area contributed by atoms with E-state index >= 15 is 0 Å². The van der Waals surface area contributed by atoms with Crippen LogP contribution in [0.5, 0.6) is 0 Å². The first-order chi connectivity index (χ1) is 11.5. The van der Waals surface area contributed by atoms with Gasteiger partial charge in [-0.25, -0.2) is 9.78 Å². The number of nitrogens with zero attached hydrogens (tertiary/aromatic N) is 2. The molecule has 2 aromatic rings. The molecule has 1 atom stereocenters. The molecule has 24 heavy (non-hydrogen) atoms. The molecule has 0 radical (unpaired) electrons. The first-order valence-corrected chi connectivity index (χ1v) is 8.87. The van der Waals surface area contributed by atoms with Gasteiger partial charge in [-0.05, 0) is 30.6 Å². The van der Waals surface area contributed by atoms with Gasteiger partial charge in [-0.3, -0.25) is 14.2 Å². The Labute approximate surface area is 143 Å². The van der Waals surface area contributed by atoms with Crippen LogP contribution < -0.4 is 10.9 Å². The van der Waals surface area contributed by atoms with Gasteiger partial charge in [0.1, 0.15) is 6.04 Å². The normalized spacial score (nSPS) is 12.0. The Morgan fingerprint density at radius 1 is 1.38 bits per heavy atom. The van der Waals surface area contributed by atoms with Crippen LogP contribution >= 0.6 is 11.8 Å². The smallest absolute Gasteiger partial charge is 0.326 e. The number of hydrogen-bond acceptors (Lipinski definition) is 5. The molecule has 2 N–H and O–H groups in total. The molecule has 0 aliphatic heterocycles. The zero-order chi connectivity index (χ0) is 17.5. The summed E-state index contributed by atoms with van der Waals surface area (Å²) >= 11 is 1.52. The highest BCUT2D eigenvalue weighted by Gasteiger charge is 2.19. The lowest BCUT2D eigenvalue weighted by Gasteiger charge is -2.14. The second kappa shape index (κ2) is 8.49. The zero-order valence-corrected chi connectivity index (χ0v) is 14.1. The van der Waals surface area contributed by atoms with E-state index in [0.29, 0.717) is 23.1 Å². The lowest BCUT2D eigenvalue weighted by molar-refractivity contribution is -0.141. The molecule has 1 amide bonds. The van der Waals surface area contributed by atoms with Gasteiger partial charge in [0.15, 0.2) is 0 Å². The van der Waals surface area contributed by atoms with Gasteiger partial charge in [0.2, 0.25) is 5.91 Å². The average Bonchev–Trinajstić information content (AvgIpc) is 2.58. The van der Waals surface area contributed by atoms with Crippen molar-refractivity contribution in [3.8, 4) is 0 Å². The van der Waals surface area contributed by atoms with Crippen LogP contribution in [0.2, 0.25) is 0 Å². The molecule has 0 aliphatic rings. The highest BCUT2D eigenvalue weighted by molar-refractivity contribution is 7.98. The highest BCUT2D eigenvalue weighted by atomic mass is 32.2. The van der Waals surface area contributed by atoms with Crippen LogP contribution in [0.15, 0.2) is 35.4 Å². The van der Waals surface area contributed by atoms with E-state index in [9.17, 15) is 14.4 Å². The van der Waals surface area contributed by atoms with E-state index in [0.717, 1.165) is 0 Å². The molecule has 0 spiro atoms.